The standard InChI is InChI=1S/C20H38.H3N/c1-3-5-7-9-11-13-15-17-19-20-18-16-14-12-10-8-6-4-2;/h1H,4-20H2,2H3;1H3. The van der Waals surface area contributed by atoms with Crippen LogP contribution >= 0.6 is 0 Å². The molecule has 0 aromatic rings. The molecule has 0 saturated heterocycles. The van der Waals surface area contributed by atoms with Gasteiger partial charge in [0, 0.05) is 6.42 Å². The van der Waals surface area contributed by atoms with Crippen LogP contribution in [0.3, 0.4) is 0 Å². The van der Waals surface area contributed by atoms with Crippen molar-refractivity contribution < 1.29 is 0 Å². The van der Waals surface area contributed by atoms with E-state index in [9.17, 15) is 0 Å². The highest BCUT2D eigenvalue weighted by atomic mass is 14.0. The zero-order valence-electron chi connectivity index (χ0n) is 14.8. The predicted octanol–water partition coefficient (Wildman–Crippen LogP) is 7.43. The lowest BCUT2D eigenvalue weighted by molar-refractivity contribution is 0.530. The number of unbranched alkanes of at least 4 members (excludes halogenated alkanes) is 16. The van der Waals surface area contributed by atoms with Gasteiger partial charge in [0.1, 0.15) is 0 Å². The Labute approximate surface area is 135 Å². The first kappa shape index (κ1) is 22.8. The normalized spacial score (nSPS) is 10.1. The van der Waals surface area contributed by atoms with Gasteiger partial charge in [-0.05, 0) is 6.42 Å². The molecule has 0 aliphatic rings. The highest BCUT2D eigenvalue weighted by molar-refractivity contribution is 4.82. The van der Waals surface area contributed by atoms with Gasteiger partial charge < -0.3 is 6.15 Å². The van der Waals surface area contributed by atoms with Crippen molar-refractivity contribution in [2.75, 3.05) is 0 Å². The summed E-state index contributed by atoms with van der Waals surface area (Å²) in [5.41, 5.74) is 0. The summed E-state index contributed by atoms with van der Waals surface area (Å²) in [5.74, 6) is 2.72. The Balaban J connectivity index is 0. The molecule has 0 aromatic heterocycles. The molecule has 0 radical (unpaired) electrons. The van der Waals surface area contributed by atoms with Gasteiger partial charge in [-0.15, -0.1) is 12.3 Å². The Bertz CT molecular complexity index is 204. The summed E-state index contributed by atoms with van der Waals surface area (Å²) in [7, 11) is 0. The Morgan fingerprint density at radius 2 is 0.810 bits per heavy atom. The van der Waals surface area contributed by atoms with E-state index >= 15 is 0 Å². The summed E-state index contributed by atoms with van der Waals surface area (Å²) in [6.07, 6.45) is 29.0. The molecule has 0 unspecified atom stereocenters. The van der Waals surface area contributed by atoms with Crippen molar-refractivity contribution >= 4 is 0 Å². The Hall–Kier alpha value is -0.480. The molecule has 0 atom stereocenters. The van der Waals surface area contributed by atoms with Crippen LogP contribution in [-0.2, 0) is 0 Å². The van der Waals surface area contributed by atoms with Crippen molar-refractivity contribution in [3.8, 4) is 12.3 Å². The third-order valence-corrected chi connectivity index (χ3v) is 4.17. The lowest BCUT2D eigenvalue weighted by Crippen LogP contribution is -1.83. The molecule has 0 fully saturated rings. The fourth-order valence-electron chi connectivity index (χ4n) is 2.78. The lowest BCUT2D eigenvalue weighted by Gasteiger charge is -2.03. The Morgan fingerprint density at radius 3 is 1.10 bits per heavy atom. The number of terminal acetylenes is 1. The van der Waals surface area contributed by atoms with Crippen LogP contribution in [0.2, 0.25) is 0 Å². The zero-order chi connectivity index (χ0) is 14.7. The van der Waals surface area contributed by atoms with E-state index in [4.69, 9.17) is 6.42 Å². The van der Waals surface area contributed by atoms with E-state index in [1.54, 1.807) is 0 Å². The second-order valence-electron chi connectivity index (χ2n) is 6.26. The molecular formula is C20H41N. The van der Waals surface area contributed by atoms with Crippen molar-refractivity contribution in [1.29, 1.82) is 0 Å². The quantitative estimate of drug-likeness (QED) is 0.233. The average molecular weight is 296 g/mol. The molecule has 3 N–H and O–H groups in total. The van der Waals surface area contributed by atoms with Crippen molar-refractivity contribution in [1.82, 2.24) is 6.15 Å². The number of hydrogen-bond donors (Lipinski definition) is 1. The SMILES string of the molecule is C#CCCCCCCCCCCCCCCCCCC.N. The van der Waals surface area contributed by atoms with E-state index in [0.717, 1.165) is 6.42 Å². The maximum atomic E-state index is 5.24. The molecule has 0 saturated carbocycles. The van der Waals surface area contributed by atoms with Crippen LogP contribution in [0.4, 0.5) is 0 Å². The van der Waals surface area contributed by atoms with Crippen molar-refractivity contribution in [3.63, 3.8) is 0 Å². The first-order valence-corrected chi connectivity index (χ1v) is 9.35. The summed E-state index contributed by atoms with van der Waals surface area (Å²) < 4.78 is 0. The zero-order valence-corrected chi connectivity index (χ0v) is 14.8. The van der Waals surface area contributed by atoms with Gasteiger partial charge in [0.25, 0.3) is 0 Å². The van der Waals surface area contributed by atoms with Gasteiger partial charge in [0.15, 0.2) is 0 Å². The Kier molecular flexibility index (Phi) is 23.7. The molecule has 126 valence electrons. The van der Waals surface area contributed by atoms with Gasteiger partial charge in [0.05, 0.1) is 0 Å². The summed E-state index contributed by atoms with van der Waals surface area (Å²) in [6.45, 7) is 2.29. The van der Waals surface area contributed by atoms with E-state index in [0.29, 0.717) is 0 Å². The highest BCUT2D eigenvalue weighted by Crippen LogP contribution is 2.13. The minimum atomic E-state index is 0. The monoisotopic (exact) mass is 295 g/mol. The molecule has 1 heteroatoms. The van der Waals surface area contributed by atoms with Crippen molar-refractivity contribution in [2.45, 2.75) is 116 Å². The summed E-state index contributed by atoms with van der Waals surface area (Å²) in [5, 5.41) is 0. The molecule has 0 aromatic carbocycles. The smallest absolute Gasteiger partial charge is 0.00860 e. The van der Waals surface area contributed by atoms with Crippen LogP contribution in [0.5, 0.6) is 0 Å². The summed E-state index contributed by atoms with van der Waals surface area (Å²) >= 11 is 0. The second-order valence-corrected chi connectivity index (χ2v) is 6.26. The topological polar surface area (TPSA) is 35.0 Å². The second kappa shape index (κ2) is 21.8. The van der Waals surface area contributed by atoms with E-state index in [-0.39, 0.29) is 6.15 Å². The summed E-state index contributed by atoms with van der Waals surface area (Å²) in [4.78, 5) is 0. The first-order chi connectivity index (χ1) is 9.91. The number of hydrogen-bond acceptors (Lipinski definition) is 1. The predicted molar refractivity (Wildman–Crippen MR) is 98.0 cm³/mol. The molecule has 0 amide bonds. The molecule has 0 rings (SSSR count). The molecule has 0 spiro atoms. The Morgan fingerprint density at radius 1 is 0.524 bits per heavy atom. The van der Waals surface area contributed by atoms with Crippen LogP contribution < -0.4 is 6.15 Å². The first-order valence-electron chi connectivity index (χ1n) is 9.35. The van der Waals surface area contributed by atoms with Gasteiger partial charge in [-0.2, -0.15) is 0 Å². The van der Waals surface area contributed by atoms with Gasteiger partial charge in [0.2, 0.25) is 0 Å². The molecule has 0 aliphatic carbocycles. The van der Waals surface area contributed by atoms with Crippen LogP contribution in [0.1, 0.15) is 116 Å². The van der Waals surface area contributed by atoms with E-state index < -0.39 is 0 Å². The van der Waals surface area contributed by atoms with Crippen LogP contribution in [-0.4, -0.2) is 0 Å². The molecule has 0 heterocycles. The maximum absolute atomic E-state index is 5.24. The van der Waals surface area contributed by atoms with E-state index in [2.05, 4.69) is 12.8 Å². The minimum absolute atomic E-state index is 0. The van der Waals surface area contributed by atoms with E-state index in [1.165, 1.54) is 103 Å². The minimum Gasteiger partial charge on any atom is -0.344 e. The third kappa shape index (κ3) is 22.0. The molecule has 0 aliphatic heterocycles. The van der Waals surface area contributed by atoms with Gasteiger partial charge in [-0.25, -0.2) is 0 Å². The third-order valence-electron chi connectivity index (χ3n) is 4.17. The van der Waals surface area contributed by atoms with Gasteiger partial charge in [-0.1, -0.05) is 103 Å². The van der Waals surface area contributed by atoms with E-state index in [1.807, 2.05) is 0 Å². The fourth-order valence-corrected chi connectivity index (χ4v) is 2.78. The lowest BCUT2D eigenvalue weighted by atomic mass is 10.0. The molecule has 0 bridgehead atoms. The molecule has 21 heavy (non-hydrogen) atoms. The largest absolute Gasteiger partial charge is 0.344 e. The van der Waals surface area contributed by atoms with Crippen molar-refractivity contribution in [3.05, 3.63) is 0 Å². The molecular weight excluding hydrogens is 254 g/mol. The van der Waals surface area contributed by atoms with Gasteiger partial charge in [-0.3, -0.25) is 0 Å². The van der Waals surface area contributed by atoms with Crippen LogP contribution in [0.15, 0.2) is 0 Å². The number of rotatable bonds is 16. The molecule has 1 nitrogen and oxygen atoms in total. The fraction of sp³-hybridized carbons (Fsp3) is 0.900. The van der Waals surface area contributed by atoms with Crippen LogP contribution in [0, 0.1) is 12.3 Å². The average Bonchev–Trinajstić information content (AvgIpc) is 2.47. The van der Waals surface area contributed by atoms with Crippen molar-refractivity contribution in [2.24, 2.45) is 0 Å². The van der Waals surface area contributed by atoms with Crippen LogP contribution in [0.25, 0.3) is 0 Å². The maximum Gasteiger partial charge on any atom is 0.00860 e. The highest BCUT2D eigenvalue weighted by Gasteiger charge is 1.94. The van der Waals surface area contributed by atoms with Gasteiger partial charge >= 0.3 is 0 Å². The summed E-state index contributed by atoms with van der Waals surface area (Å²) in [6, 6.07) is 0.